The van der Waals surface area contributed by atoms with Gasteiger partial charge < -0.3 is 4.42 Å². The Morgan fingerprint density at radius 2 is 1.40 bits per heavy atom. The van der Waals surface area contributed by atoms with Crippen molar-refractivity contribution in [1.29, 1.82) is 0 Å². The van der Waals surface area contributed by atoms with E-state index in [2.05, 4.69) is 0 Å². The van der Waals surface area contributed by atoms with Gasteiger partial charge in [-0.25, -0.2) is 8.42 Å². The van der Waals surface area contributed by atoms with Crippen LogP contribution in [-0.4, -0.2) is 8.42 Å². The highest BCUT2D eigenvalue weighted by Crippen LogP contribution is 2.26. The SMILES string of the molecule is Cc1cc(=O)c(-c2ccc(S(=O)(=O)c3ccc(Cl)cc3)cc2)c(C)o1. The maximum Gasteiger partial charge on any atom is 0.206 e. The number of halogens is 1. The summed E-state index contributed by atoms with van der Waals surface area (Å²) in [6.07, 6.45) is 0. The first-order valence-corrected chi connectivity index (χ1v) is 9.37. The first-order chi connectivity index (χ1) is 11.8. The van der Waals surface area contributed by atoms with E-state index >= 15 is 0 Å². The lowest BCUT2D eigenvalue weighted by Gasteiger charge is -2.08. The molecule has 0 atom stereocenters. The van der Waals surface area contributed by atoms with Gasteiger partial charge in [0.2, 0.25) is 9.84 Å². The second-order valence-electron chi connectivity index (χ2n) is 5.63. The third-order valence-electron chi connectivity index (χ3n) is 3.82. The average Bonchev–Trinajstić information content (AvgIpc) is 2.55. The largest absolute Gasteiger partial charge is 0.466 e. The van der Waals surface area contributed by atoms with E-state index in [-0.39, 0.29) is 15.2 Å². The van der Waals surface area contributed by atoms with E-state index in [0.29, 0.717) is 27.7 Å². The van der Waals surface area contributed by atoms with Gasteiger partial charge in [-0.05, 0) is 55.8 Å². The lowest BCUT2D eigenvalue weighted by Crippen LogP contribution is -2.07. The number of hydrogen-bond acceptors (Lipinski definition) is 4. The summed E-state index contributed by atoms with van der Waals surface area (Å²) in [7, 11) is -3.64. The molecular formula is C19H15ClO4S. The molecule has 4 nitrogen and oxygen atoms in total. The van der Waals surface area contributed by atoms with E-state index in [0.717, 1.165) is 0 Å². The summed E-state index contributed by atoms with van der Waals surface area (Å²) in [6.45, 7) is 3.42. The van der Waals surface area contributed by atoms with Crippen LogP contribution >= 0.6 is 11.6 Å². The van der Waals surface area contributed by atoms with Crippen molar-refractivity contribution >= 4 is 21.4 Å². The molecule has 0 aliphatic rings. The molecule has 128 valence electrons. The molecule has 0 spiro atoms. The van der Waals surface area contributed by atoms with Crippen LogP contribution < -0.4 is 5.43 Å². The van der Waals surface area contributed by atoms with Crippen molar-refractivity contribution in [3.8, 4) is 11.1 Å². The van der Waals surface area contributed by atoms with E-state index in [1.807, 2.05) is 0 Å². The summed E-state index contributed by atoms with van der Waals surface area (Å²) in [5, 5.41) is 0.468. The fourth-order valence-corrected chi connectivity index (χ4v) is 4.04. The van der Waals surface area contributed by atoms with Crippen molar-refractivity contribution < 1.29 is 12.8 Å². The zero-order chi connectivity index (χ0) is 18.2. The third kappa shape index (κ3) is 3.38. The van der Waals surface area contributed by atoms with Crippen LogP contribution in [0.15, 0.2) is 73.6 Å². The van der Waals surface area contributed by atoms with E-state index < -0.39 is 9.84 Å². The zero-order valence-electron chi connectivity index (χ0n) is 13.6. The topological polar surface area (TPSA) is 64.3 Å². The molecule has 0 aliphatic carbocycles. The molecule has 1 heterocycles. The molecule has 0 bridgehead atoms. The molecule has 0 saturated heterocycles. The number of rotatable bonds is 3. The van der Waals surface area contributed by atoms with Crippen LogP contribution in [-0.2, 0) is 9.84 Å². The first-order valence-electron chi connectivity index (χ1n) is 7.51. The molecule has 0 amide bonds. The lowest BCUT2D eigenvalue weighted by atomic mass is 10.0. The molecule has 1 aromatic heterocycles. The van der Waals surface area contributed by atoms with E-state index in [4.69, 9.17) is 16.0 Å². The number of aryl methyl sites for hydroxylation is 2. The molecule has 0 fully saturated rings. The fraction of sp³-hybridized carbons (Fsp3) is 0.105. The molecular weight excluding hydrogens is 360 g/mol. The maximum absolute atomic E-state index is 12.6. The van der Waals surface area contributed by atoms with Gasteiger partial charge in [-0.1, -0.05) is 23.7 Å². The van der Waals surface area contributed by atoms with Gasteiger partial charge in [-0.2, -0.15) is 0 Å². The molecule has 3 rings (SSSR count). The van der Waals surface area contributed by atoms with Gasteiger partial charge in [0.15, 0.2) is 5.43 Å². The molecule has 2 aromatic carbocycles. The van der Waals surface area contributed by atoms with Crippen molar-refractivity contribution in [1.82, 2.24) is 0 Å². The van der Waals surface area contributed by atoms with Crippen LogP contribution in [0, 0.1) is 13.8 Å². The Kier molecular flexibility index (Phi) is 4.54. The van der Waals surface area contributed by atoms with Crippen molar-refractivity contribution in [2.75, 3.05) is 0 Å². The predicted molar refractivity (Wildman–Crippen MR) is 96.8 cm³/mol. The van der Waals surface area contributed by atoms with Crippen molar-refractivity contribution in [3.63, 3.8) is 0 Å². The number of hydrogen-bond donors (Lipinski definition) is 0. The van der Waals surface area contributed by atoms with Gasteiger partial charge >= 0.3 is 0 Å². The standard InChI is InChI=1S/C19H15ClO4S/c1-12-11-18(21)19(13(2)24-12)14-3-7-16(8-4-14)25(22,23)17-9-5-15(20)6-10-17/h3-11H,1-2H3. The second kappa shape index (κ2) is 6.50. The van der Waals surface area contributed by atoms with Gasteiger partial charge in [-0.3, -0.25) is 4.79 Å². The van der Waals surface area contributed by atoms with Gasteiger partial charge in [0.25, 0.3) is 0 Å². The van der Waals surface area contributed by atoms with Gasteiger partial charge in [0.1, 0.15) is 11.5 Å². The van der Waals surface area contributed by atoms with Crippen molar-refractivity contribution in [2.45, 2.75) is 23.6 Å². The Labute approximate surface area is 150 Å². The summed E-state index contributed by atoms with van der Waals surface area (Å²) in [5.74, 6) is 1.03. The Bertz CT molecular complexity index is 1080. The van der Waals surface area contributed by atoms with Crippen LogP contribution in [0.1, 0.15) is 11.5 Å². The molecule has 0 aliphatic heterocycles. The smallest absolute Gasteiger partial charge is 0.206 e. The maximum atomic E-state index is 12.6. The second-order valence-corrected chi connectivity index (χ2v) is 8.02. The highest BCUT2D eigenvalue weighted by atomic mass is 35.5. The number of sulfone groups is 1. The van der Waals surface area contributed by atoms with Crippen LogP contribution in [0.2, 0.25) is 5.02 Å². The van der Waals surface area contributed by atoms with Crippen LogP contribution in [0.5, 0.6) is 0 Å². The lowest BCUT2D eigenvalue weighted by molar-refractivity contribution is 0.486. The molecule has 6 heteroatoms. The van der Waals surface area contributed by atoms with E-state index in [1.165, 1.54) is 42.5 Å². The predicted octanol–water partition coefficient (Wildman–Crippen LogP) is 4.41. The van der Waals surface area contributed by atoms with Gasteiger partial charge in [0.05, 0.1) is 15.4 Å². The average molecular weight is 375 g/mol. The van der Waals surface area contributed by atoms with Gasteiger partial charge in [-0.15, -0.1) is 0 Å². The molecule has 0 radical (unpaired) electrons. The van der Waals surface area contributed by atoms with Crippen LogP contribution in [0.3, 0.4) is 0 Å². The van der Waals surface area contributed by atoms with Crippen molar-refractivity contribution in [2.24, 2.45) is 0 Å². The molecule has 3 aromatic rings. The monoisotopic (exact) mass is 374 g/mol. The molecule has 0 N–H and O–H groups in total. The summed E-state index contributed by atoms with van der Waals surface area (Å²) < 4.78 is 30.8. The minimum absolute atomic E-state index is 0.146. The van der Waals surface area contributed by atoms with Crippen molar-refractivity contribution in [3.05, 3.63) is 81.4 Å². The zero-order valence-corrected chi connectivity index (χ0v) is 15.2. The highest BCUT2D eigenvalue weighted by Gasteiger charge is 2.18. The van der Waals surface area contributed by atoms with E-state index in [1.54, 1.807) is 26.0 Å². The summed E-state index contributed by atoms with van der Waals surface area (Å²) in [6, 6.07) is 13.6. The van der Waals surface area contributed by atoms with E-state index in [9.17, 15) is 13.2 Å². The highest BCUT2D eigenvalue weighted by molar-refractivity contribution is 7.91. The summed E-state index contributed by atoms with van der Waals surface area (Å²) >= 11 is 5.80. The fourth-order valence-electron chi connectivity index (χ4n) is 2.65. The normalized spacial score (nSPS) is 11.5. The minimum Gasteiger partial charge on any atom is -0.466 e. The Morgan fingerprint density at radius 3 is 1.92 bits per heavy atom. The van der Waals surface area contributed by atoms with Crippen LogP contribution in [0.4, 0.5) is 0 Å². The Balaban J connectivity index is 2.04. The molecule has 0 unspecified atom stereocenters. The molecule has 0 saturated carbocycles. The third-order valence-corrected chi connectivity index (χ3v) is 5.86. The molecule has 25 heavy (non-hydrogen) atoms. The van der Waals surface area contributed by atoms with Gasteiger partial charge in [0, 0.05) is 11.1 Å². The summed E-state index contributed by atoms with van der Waals surface area (Å²) in [4.78, 5) is 12.5. The van der Waals surface area contributed by atoms with Crippen LogP contribution in [0.25, 0.3) is 11.1 Å². The Morgan fingerprint density at radius 1 is 0.880 bits per heavy atom. The quantitative estimate of drug-likeness (QED) is 0.681. The first kappa shape index (κ1) is 17.5. The number of benzene rings is 2. The minimum atomic E-state index is -3.64. The Hall–Kier alpha value is -2.37. The summed E-state index contributed by atoms with van der Waals surface area (Å²) in [5.41, 5.74) is 0.886.